The summed E-state index contributed by atoms with van der Waals surface area (Å²) < 4.78 is 12.0. The van der Waals surface area contributed by atoms with E-state index in [2.05, 4.69) is 37.2 Å². The maximum Gasteiger partial charge on any atom is 0.255 e. The number of anilines is 1. The number of nitrogens with two attached hydrogens (primary N) is 1. The predicted octanol–water partition coefficient (Wildman–Crippen LogP) is 3.99. The Morgan fingerprint density at radius 2 is 1.96 bits per heavy atom. The van der Waals surface area contributed by atoms with Gasteiger partial charge in [0.25, 0.3) is 11.8 Å². The van der Waals surface area contributed by atoms with E-state index in [9.17, 15) is 9.59 Å². The lowest BCUT2D eigenvalue weighted by Gasteiger charge is -2.14. The molecule has 6 nitrogen and oxygen atoms in total. The first-order valence-electron chi connectivity index (χ1n) is 6.87. The summed E-state index contributed by atoms with van der Waals surface area (Å²) in [6.45, 7) is -0.354. The van der Waals surface area contributed by atoms with Crippen molar-refractivity contribution in [3.05, 3.63) is 49.9 Å². The topological polar surface area (TPSA) is 90.7 Å². The number of primary amides is 1. The molecular formula is C16H13Br2ClN2O4. The number of rotatable bonds is 6. The van der Waals surface area contributed by atoms with Crippen molar-refractivity contribution in [3.63, 3.8) is 0 Å². The maximum absolute atomic E-state index is 12.5. The Morgan fingerprint density at radius 3 is 2.56 bits per heavy atom. The van der Waals surface area contributed by atoms with Gasteiger partial charge in [0.15, 0.2) is 18.1 Å². The normalized spacial score (nSPS) is 10.2. The molecule has 0 unspecified atom stereocenters. The zero-order valence-corrected chi connectivity index (χ0v) is 16.9. The Hall–Kier alpha value is -1.77. The molecule has 0 aliphatic heterocycles. The van der Waals surface area contributed by atoms with Gasteiger partial charge in [-0.15, -0.1) is 0 Å². The van der Waals surface area contributed by atoms with Crippen LogP contribution in [0, 0.1) is 0 Å². The number of nitrogens with one attached hydrogen (secondary N) is 1. The number of halogens is 3. The standard InChI is InChI=1S/C16H13Br2ClN2O4/c1-24-13-5-8(4-11(19)15(13)25-7-14(20)22)16(23)21-12-3-2-9(17)6-10(12)18/h2-6H,7H2,1H3,(H2,20,22)(H,21,23). The highest BCUT2D eigenvalue weighted by molar-refractivity contribution is 9.11. The van der Waals surface area contributed by atoms with Crippen LogP contribution in [-0.4, -0.2) is 25.5 Å². The molecule has 0 aliphatic carbocycles. The van der Waals surface area contributed by atoms with E-state index < -0.39 is 5.91 Å². The molecule has 0 aliphatic rings. The van der Waals surface area contributed by atoms with Crippen molar-refractivity contribution in [2.75, 3.05) is 19.0 Å². The van der Waals surface area contributed by atoms with E-state index in [4.69, 9.17) is 26.8 Å². The molecule has 132 valence electrons. The number of methoxy groups -OCH3 is 1. The Bertz CT molecular complexity index is 830. The summed E-state index contributed by atoms with van der Waals surface area (Å²) in [5, 5.41) is 2.89. The SMILES string of the molecule is COc1cc(C(=O)Nc2ccc(Br)cc2Br)cc(Cl)c1OCC(N)=O. The first kappa shape index (κ1) is 19.6. The number of carbonyl (C=O) groups excluding carboxylic acids is 2. The minimum Gasteiger partial charge on any atom is -0.493 e. The molecule has 3 N–H and O–H groups in total. The molecule has 0 atom stereocenters. The van der Waals surface area contributed by atoms with Crippen LogP contribution in [0.5, 0.6) is 11.5 Å². The van der Waals surface area contributed by atoms with Gasteiger partial charge in [0, 0.05) is 14.5 Å². The van der Waals surface area contributed by atoms with Crippen LogP contribution in [0.3, 0.4) is 0 Å². The van der Waals surface area contributed by atoms with Crippen molar-refractivity contribution < 1.29 is 19.1 Å². The highest BCUT2D eigenvalue weighted by Crippen LogP contribution is 2.37. The molecule has 0 fully saturated rings. The second kappa shape index (κ2) is 8.55. The van der Waals surface area contributed by atoms with Gasteiger partial charge in [0.05, 0.1) is 17.8 Å². The van der Waals surface area contributed by atoms with E-state index in [1.807, 2.05) is 6.07 Å². The van der Waals surface area contributed by atoms with Crippen molar-refractivity contribution in [2.45, 2.75) is 0 Å². The molecule has 0 radical (unpaired) electrons. The third kappa shape index (κ3) is 5.10. The Labute approximate surface area is 165 Å². The average Bonchev–Trinajstić information content (AvgIpc) is 2.55. The van der Waals surface area contributed by atoms with E-state index >= 15 is 0 Å². The third-order valence-electron chi connectivity index (χ3n) is 3.03. The number of amides is 2. The fourth-order valence-corrected chi connectivity index (χ4v) is 3.33. The average molecular weight is 493 g/mol. The monoisotopic (exact) mass is 490 g/mol. The molecule has 2 amide bonds. The smallest absolute Gasteiger partial charge is 0.255 e. The molecule has 2 aromatic carbocycles. The minimum atomic E-state index is -0.653. The van der Waals surface area contributed by atoms with Gasteiger partial charge in [-0.05, 0) is 46.3 Å². The largest absolute Gasteiger partial charge is 0.493 e. The summed E-state index contributed by atoms with van der Waals surface area (Å²) in [6.07, 6.45) is 0. The lowest BCUT2D eigenvalue weighted by Crippen LogP contribution is -2.20. The summed E-state index contributed by atoms with van der Waals surface area (Å²) in [7, 11) is 1.40. The van der Waals surface area contributed by atoms with Crippen molar-refractivity contribution in [1.29, 1.82) is 0 Å². The molecule has 0 saturated carbocycles. The van der Waals surface area contributed by atoms with E-state index in [-0.39, 0.29) is 34.6 Å². The van der Waals surface area contributed by atoms with Crippen molar-refractivity contribution in [2.24, 2.45) is 5.73 Å². The first-order chi connectivity index (χ1) is 11.8. The zero-order valence-electron chi connectivity index (χ0n) is 12.9. The molecule has 2 rings (SSSR count). The maximum atomic E-state index is 12.5. The first-order valence-corrected chi connectivity index (χ1v) is 8.83. The Morgan fingerprint density at radius 1 is 1.24 bits per heavy atom. The highest BCUT2D eigenvalue weighted by Gasteiger charge is 2.17. The van der Waals surface area contributed by atoms with Gasteiger partial charge in [-0.2, -0.15) is 0 Å². The van der Waals surface area contributed by atoms with Gasteiger partial charge in [0.2, 0.25) is 0 Å². The summed E-state index contributed by atoms with van der Waals surface area (Å²) in [5.74, 6) is -0.678. The van der Waals surface area contributed by atoms with Gasteiger partial charge >= 0.3 is 0 Å². The lowest BCUT2D eigenvalue weighted by atomic mass is 10.1. The van der Waals surface area contributed by atoms with Crippen LogP contribution < -0.4 is 20.5 Å². The second-order valence-corrected chi connectivity index (χ2v) is 7.00. The predicted molar refractivity (Wildman–Crippen MR) is 102 cm³/mol. The number of ether oxygens (including phenoxy) is 2. The van der Waals surface area contributed by atoms with Crippen LogP contribution >= 0.6 is 43.5 Å². The van der Waals surface area contributed by atoms with Crippen molar-refractivity contribution in [3.8, 4) is 11.5 Å². The van der Waals surface area contributed by atoms with Crippen LogP contribution in [0.2, 0.25) is 5.02 Å². The van der Waals surface area contributed by atoms with Crippen LogP contribution in [0.1, 0.15) is 10.4 Å². The summed E-state index contributed by atoms with van der Waals surface area (Å²) in [5.41, 5.74) is 5.91. The van der Waals surface area contributed by atoms with Gasteiger partial charge in [-0.25, -0.2) is 0 Å². The van der Waals surface area contributed by atoms with Crippen molar-refractivity contribution >= 4 is 61.0 Å². The lowest BCUT2D eigenvalue weighted by molar-refractivity contribution is -0.119. The number of carbonyl (C=O) groups is 2. The molecule has 9 heteroatoms. The molecule has 2 aromatic rings. The van der Waals surface area contributed by atoms with Gasteiger partial charge < -0.3 is 20.5 Å². The number of hydrogen-bond acceptors (Lipinski definition) is 4. The van der Waals surface area contributed by atoms with Gasteiger partial charge in [-0.3, -0.25) is 9.59 Å². The molecular weight excluding hydrogens is 479 g/mol. The Balaban J connectivity index is 2.27. The van der Waals surface area contributed by atoms with E-state index in [0.717, 1.165) is 8.95 Å². The fourth-order valence-electron chi connectivity index (χ4n) is 1.92. The van der Waals surface area contributed by atoms with E-state index in [1.165, 1.54) is 19.2 Å². The molecule has 0 heterocycles. The minimum absolute atomic E-state index is 0.126. The Kier molecular flexibility index (Phi) is 6.69. The number of hydrogen-bond donors (Lipinski definition) is 2. The quantitative estimate of drug-likeness (QED) is 0.638. The van der Waals surface area contributed by atoms with Gasteiger partial charge in [-0.1, -0.05) is 27.5 Å². The molecule has 0 aromatic heterocycles. The number of benzene rings is 2. The molecule has 0 bridgehead atoms. The molecule has 25 heavy (non-hydrogen) atoms. The second-order valence-electron chi connectivity index (χ2n) is 4.82. The van der Waals surface area contributed by atoms with Crippen LogP contribution in [-0.2, 0) is 4.79 Å². The van der Waals surface area contributed by atoms with Crippen LogP contribution in [0.15, 0.2) is 39.3 Å². The van der Waals surface area contributed by atoms with Crippen molar-refractivity contribution in [1.82, 2.24) is 0 Å². The zero-order chi connectivity index (χ0) is 18.6. The van der Waals surface area contributed by atoms with Gasteiger partial charge in [0.1, 0.15) is 0 Å². The van der Waals surface area contributed by atoms with Crippen LogP contribution in [0.25, 0.3) is 0 Å². The van der Waals surface area contributed by atoms with Crippen LogP contribution in [0.4, 0.5) is 5.69 Å². The highest BCUT2D eigenvalue weighted by atomic mass is 79.9. The molecule has 0 saturated heterocycles. The molecule has 0 spiro atoms. The van der Waals surface area contributed by atoms with E-state index in [0.29, 0.717) is 5.69 Å². The third-order valence-corrected chi connectivity index (χ3v) is 4.46. The summed E-state index contributed by atoms with van der Waals surface area (Å²) in [4.78, 5) is 23.3. The fraction of sp³-hybridized carbons (Fsp3) is 0.125. The summed E-state index contributed by atoms with van der Waals surface area (Å²) in [6, 6.07) is 8.24. The van der Waals surface area contributed by atoms with E-state index in [1.54, 1.807) is 12.1 Å². The summed E-state index contributed by atoms with van der Waals surface area (Å²) >= 11 is 12.9.